The second-order valence-electron chi connectivity index (χ2n) is 21.1. The van der Waals surface area contributed by atoms with E-state index < -0.39 is 29.4 Å². The lowest BCUT2D eigenvalue weighted by Crippen LogP contribution is -2.63. The van der Waals surface area contributed by atoms with E-state index in [1.807, 2.05) is 74.5 Å². The van der Waals surface area contributed by atoms with Crippen molar-refractivity contribution in [1.82, 2.24) is 9.80 Å². The van der Waals surface area contributed by atoms with Crippen LogP contribution in [0.5, 0.6) is 28.7 Å². The van der Waals surface area contributed by atoms with E-state index >= 15 is 0 Å². The Morgan fingerprint density at radius 2 is 1.10 bits per heavy atom. The maximum absolute atomic E-state index is 13.5. The van der Waals surface area contributed by atoms with Gasteiger partial charge in [0.2, 0.25) is 0 Å². The number of carbonyl (C=O) groups excluding carboxylic acids is 4. The van der Waals surface area contributed by atoms with Gasteiger partial charge in [0.1, 0.15) is 23.2 Å². The molecule has 5 aromatic carbocycles. The highest BCUT2D eigenvalue weighted by Crippen LogP contribution is 2.66. The molecular weight excluding hydrogens is 909 g/mol. The summed E-state index contributed by atoms with van der Waals surface area (Å²) in [6.45, 7) is 11.4. The molecule has 12 nitrogen and oxygen atoms in total. The predicted molar refractivity (Wildman–Crippen MR) is 268 cm³/mol. The van der Waals surface area contributed by atoms with Crippen LogP contribution in [0.2, 0.25) is 0 Å². The van der Waals surface area contributed by atoms with Crippen molar-refractivity contribution >= 4 is 23.9 Å². The van der Waals surface area contributed by atoms with E-state index in [1.165, 1.54) is 35.6 Å². The first-order chi connectivity index (χ1) is 34.8. The third-order valence-corrected chi connectivity index (χ3v) is 17.4. The van der Waals surface area contributed by atoms with Crippen molar-refractivity contribution in [1.29, 1.82) is 0 Å². The van der Waals surface area contributed by atoms with Gasteiger partial charge in [0.25, 0.3) is 0 Å². The van der Waals surface area contributed by atoms with Crippen LogP contribution >= 0.6 is 0 Å². The van der Waals surface area contributed by atoms with Gasteiger partial charge in [0.05, 0.1) is 11.1 Å². The zero-order valence-electron chi connectivity index (χ0n) is 41.3. The fourth-order valence-electron chi connectivity index (χ4n) is 14.2. The van der Waals surface area contributed by atoms with Crippen molar-refractivity contribution in [3.63, 3.8) is 0 Å². The van der Waals surface area contributed by atoms with Crippen LogP contribution in [0.3, 0.4) is 0 Å². The van der Waals surface area contributed by atoms with Gasteiger partial charge >= 0.3 is 23.9 Å². The molecule has 2 spiro atoms. The van der Waals surface area contributed by atoms with Gasteiger partial charge in [-0.25, -0.2) is 14.4 Å². The maximum Gasteiger partial charge on any atom is 0.347 e. The first-order valence-electron chi connectivity index (χ1n) is 25.3. The van der Waals surface area contributed by atoms with E-state index in [9.17, 15) is 19.2 Å². The standard InChI is InChI=1S/C34H31NO7.C26H27NO3/c1-19-8-4-5-9-22(19)32(37)40-27-14-12-21-18-25-24-13-15-28(31-34(24,16-17-35(25)3)29(21)30(27)42-31)41-33(38)23-10-6-7-11-26(23)39-20(2)36;1-15-6-4-5-7-18(15)25(28)29-21-11-9-17-14-20-19-10-8-16(2)24-26(19,12-13-27(20)3)22(17)23(21)30-24/h4-12,14-15,24-25,31H,13,16-18H2,1-3H3;4-7,9,11,19-20,24H,2,8,10,12-14H2,1,3H3/t24-,25+,31-,34-;19-,20+,24-,26-/m00/s1. The molecule has 2 saturated heterocycles. The lowest BCUT2D eigenvalue weighted by Gasteiger charge is -2.58. The fraction of sp³-hybridized carbons (Fsp3) is 0.367. The monoisotopic (exact) mass is 966 g/mol. The molecule has 368 valence electrons. The summed E-state index contributed by atoms with van der Waals surface area (Å²) >= 11 is 0. The van der Waals surface area contributed by atoms with Gasteiger partial charge in [-0.15, -0.1) is 0 Å². The van der Waals surface area contributed by atoms with Gasteiger partial charge in [-0.2, -0.15) is 0 Å². The molecule has 4 heterocycles. The van der Waals surface area contributed by atoms with Crippen molar-refractivity contribution in [3.05, 3.63) is 171 Å². The first-order valence-corrected chi connectivity index (χ1v) is 25.3. The molecule has 5 aromatic rings. The molecule has 72 heavy (non-hydrogen) atoms. The molecule has 0 N–H and O–H groups in total. The SMILES string of the molecule is C=C1CC[C@H]2[C@H]3Cc4ccc(OC(=O)c5ccccc5C)c5c4[C@@]2(CCN3C)[C@H]1O5.CC(=O)Oc1ccccc1C(=O)OC1=CC[C@H]2[C@H]3Cc4ccc(OC(=O)c5ccccc5C)c5c4[C@@]2(CCN3C)[C@H]1O5. The number of aryl methyl sites for hydroxylation is 2. The van der Waals surface area contributed by atoms with Crippen molar-refractivity contribution in [2.24, 2.45) is 11.8 Å². The van der Waals surface area contributed by atoms with Gasteiger partial charge < -0.3 is 38.2 Å². The number of allylic oxidation sites excluding steroid dienone is 1. The molecule has 0 radical (unpaired) electrons. The van der Waals surface area contributed by atoms with Crippen LogP contribution in [0.25, 0.3) is 0 Å². The average molecular weight is 967 g/mol. The predicted octanol–water partition coefficient (Wildman–Crippen LogP) is 9.60. The van der Waals surface area contributed by atoms with Gasteiger partial charge in [-0.3, -0.25) is 4.79 Å². The Balaban J connectivity index is 0.000000155. The Kier molecular flexibility index (Phi) is 11.1. The zero-order chi connectivity index (χ0) is 49.8. The lowest BCUT2D eigenvalue weighted by atomic mass is 9.51. The van der Waals surface area contributed by atoms with Crippen LogP contribution in [-0.2, 0) is 33.2 Å². The summed E-state index contributed by atoms with van der Waals surface area (Å²) in [7, 11) is 4.42. The number of para-hydroxylation sites is 1. The summed E-state index contributed by atoms with van der Waals surface area (Å²) in [4.78, 5) is 56.2. The molecule has 8 atom stereocenters. The Bertz CT molecular complexity index is 3180. The van der Waals surface area contributed by atoms with Crippen molar-refractivity contribution in [2.45, 2.75) is 101 Å². The Morgan fingerprint density at radius 1 is 0.597 bits per heavy atom. The summed E-state index contributed by atoms with van der Waals surface area (Å²) < 4.78 is 36.6. The van der Waals surface area contributed by atoms with Crippen LogP contribution in [0, 0.1) is 25.7 Å². The van der Waals surface area contributed by atoms with E-state index in [0.29, 0.717) is 52.1 Å². The number of nitrogens with zero attached hydrogens (tertiary/aromatic N) is 2. The molecule has 8 aliphatic rings. The smallest absolute Gasteiger partial charge is 0.347 e. The van der Waals surface area contributed by atoms with Gasteiger partial charge in [0, 0.05) is 41.0 Å². The zero-order valence-corrected chi connectivity index (χ0v) is 41.3. The number of likely N-dealkylation sites (N-methyl/N-ethyl adjacent to an activating group) is 2. The highest BCUT2D eigenvalue weighted by molar-refractivity contribution is 5.95. The summed E-state index contributed by atoms with van der Waals surface area (Å²) in [5, 5.41) is 0. The van der Waals surface area contributed by atoms with Gasteiger partial charge in [-0.05, 0) is 168 Å². The maximum atomic E-state index is 13.5. The largest absolute Gasteiger partial charge is 0.481 e. The van der Waals surface area contributed by atoms with Crippen molar-refractivity contribution in [2.75, 3.05) is 27.2 Å². The number of benzene rings is 5. The molecule has 0 amide bonds. The molecule has 12 heteroatoms. The highest BCUT2D eigenvalue weighted by Gasteiger charge is 2.66. The number of hydrogen-bond donors (Lipinski definition) is 0. The minimum absolute atomic E-state index is 0.000173. The first kappa shape index (κ1) is 46.1. The Morgan fingerprint density at radius 3 is 1.67 bits per heavy atom. The summed E-state index contributed by atoms with van der Waals surface area (Å²) in [6.07, 6.45) is 8.09. The summed E-state index contributed by atoms with van der Waals surface area (Å²) in [5.41, 5.74) is 8.63. The molecule has 3 fully saturated rings. The highest BCUT2D eigenvalue weighted by atomic mass is 16.6. The molecule has 0 unspecified atom stereocenters. The summed E-state index contributed by atoms with van der Waals surface area (Å²) in [6, 6.07) is 30.2. The van der Waals surface area contributed by atoms with Crippen LogP contribution < -0.4 is 23.7 Å². The van der Waals surface area contributed by atoms with Crippen LogP contribution in [0.4, 0.5) is 0 Å². The number of ether oxygens (including phenoxy) is 6. The van der Waals surface area contributed by atoms with E-state index in [2.05, 4.69) is 42.6 Å². The molecule has 1 saturated carbocycles. The van der Waals surface area contributed by atoms with Crippen LogP contribution in [0.1, 0.15) is 103 Å². The van der Waals surface area contributed by atoms with Gasteiger partial charge in [-0.1, -0.05) is 67.2 Å². The summed E-state index contributed by atoms with van der Waals surface area (Å²) in [5.74, 6) is 1.72. The van der Waals surface area contributed by atoms with Crippen LogP contribution in [0.15, 0.2) is 121 Å². The number of likely N-dealkylation sites (tertiary alicyclic amines) is 2. The number of hydrogen-bond acceptors (Lipinski definition) is 12. The second-order valence-corrected chi connectivity index (χ2v) is 21.1. The van der Waals surface area contributed by atoms with Gasteiger partial charge in [0.15, 0.2) is 29.1 Å². The van der Waals surface area contributed by atoms with Crippen LogP contribution in [-0.4, -0.2) is 85.2 Å². The third kappa shape index (κ3) is 6.99. The van der Waals surface area contributed by atoms with E-state index in [4.69, 9.17) is 28.4 Å². The number of piperidine rings is 2. The lowest BCUT2D eigenvalue weighted by molar-refractivity contribution is -0.131. The molecule has 4 aliphatic carbocycles. The normalized spacial score (nSPS) is 27.6. The molecule has 4 bridgehead atoms. The minimum Gasteiger partial charge on any atom is -0.481 e. The number of rotatable bonds is 7. The number of esters is 4. The minimum atomic E-state index is -0.626. The van der Waals surface area contributed by atoms with Crippen molar-refractivity contribution in [3.8, 4) is 28.7 Å². The average Bonchev–Trinajstić information content (AvgIpc) is 3.91. The fourth-order valence-corrected chi connectivity index (χ4v) is 14.2. The van der Waals surface area contributed by atoms with Crippen molar-refractivity contribution < 1.29 is 47.6 Å². The molecule has 0 aromatic heterocycles. The van der Waals surface area contributed by atoms with E-state index in [0.717, 1.165) is 74.1 Å². The number of carbonyl (C=O) groups is 4. The molecular formula is C60H58N2O10. The molecule has 4 aliphatic heterocycles. The second kappa shape index (κ2) is 17.3. The Hall–Kier alpha value is -7.02. The van der Waals surface area contributed by atoms with E-state index in [1.54, 1.807) is 30.3 Å². The quantitative estimate of drug-likeness (QED) is 0.0875. The third-order valence-electron chi connectivity index (χ3n) is 17.4. The molecule has 13 rings (SSSR count). The topological polar surface area (TPSA) is 130 Å². The Labute approximate surface area is 419 Å². The van der Waals surface area contributed by atoms with E-state index in [-0.39, 0.29) is 34.7 Å².